The Kier molecular flexibility index (Phi) is 5.74. The molecule has 0 bridgehead atoms. The van der Waals surface area contributed by atoms with E-state index in [0.29, 0.717) is 0 Å². The molecular formula is C23H18O6. The molecule has 0 aromatic heterocycles. The molecule has 0 amide bonds. The van der Waals surface area contributed by atoms with Gasteiger partial charge in [0.05, 0.1) is 11.1 Å². The van der Waals surface area contributed by atoms with Gasteiger partial charge >= 0.3 is 5.97 Å². The molecule has 6 nitrogen and oxygen atoms in total. The second kappa shape index (κ2) is 8.39. The van der Waals surface area contributed by atoms with Gasteiger partial charge in [0.1, 0.15) is 0 Å². The molecule has 29 heavy (non-hydrogen) atoms. The molecule has 0 saturated heterocycles. The van der Waals surface area contributed by atoms with Crippen molar-refractivity contribution in [1.29, 1.82) is 0 Å². The van der Waals surface area contributed by atoms with Crippen LogP contribution in [0.15, 0.2) is 66.7 Å². The number of carbonyl (C=O) groups is 3. The molecule has 146 valence electrons. The van der Waals surface area contributed by atoms with Gasteiger partial charge in [-0.25, -0.2) is 0 Å². The summed E-state index contributed by atoms with van der Waals surface area (Å²) in [5, 5.41) is 21.1. The van der Waals surface area contributed by atoms with Crippen LogP contribution in [0.25, 0.3) is 0 Å². The van der Waals surface area contributed by atoms with Gasteiger partial charge in [0.2, 0.25) is 5.75 Å². The lowest BCUT2D eigenvalue weighted by atomic mass is 9.95. The Hall–Kier alpha value is -3.93. The van der Waals surface area contributed by atoms with Gasteiger partial charge in [0.15, 0.2) is 23.1 Å². The molecular weight excluding hydrogens is 372 g/mol. The smallest absolute Gasteiger partial charge is 0.311 e. The van der Waals surface area contributed by atoms with Crippen molar-refractivity contribution in [3.63, 3.8) is 0 Å². The van der Waals surface area contributed by atoms with E-state index in [2.05, 4.69) is 0 Å². The molecule has 6 heteroatoms. The van der Waals surface area contributed by atoms with Crippen LogP contribution in [0.2, 0.25) is 0 Å². The molecule has 0 aliphatic heterocycles. The Morgan fingerprint density at radius 3 is 1.55 bits per heavy atom. The lowest BCUT2D eigenvalue weighted by Gasteiger charge is -2.15. The van der Waals surface area contributed by atoms with Crippen molar-refractivity contribution in [2.75, 3.05) is 0 Å². The van der Waals surface area contributed by atoms with E-state index in [1.165, 1.54) is 6.92 Å². The van der Waals surface area contributed by atoms with E-state index in [-0.39, 0.29) is 28.7 Å². The first-order valence-corrected chi connectivity index (χ1v) is 8.93. The molecule has 0 aliphatic carbocycles. The monoisotopic (exact) mass is 390 g/mol. The van der Waals surface area contributed by atoms with Gasteiger partial charge in [0.25, 0.3) is 0 Å². The van der Waals surface area contributed by atoms with Gasteiger partial charge in [-0.2, -0.15) is 0 Å². The largest absolute Gasteiger partial charge is 0.504 e. The average Bonchev–Trinajstić information content (AvgIpc) is 2.77. The minimum absolute atomic E-state index is 0.0301. The van der Waals surface area contributed by atoms with Gasteiger partial charge in [-0.1, -0.05) is 67.6 Å². The van der Waals surface area contributed by atoms with Crippen molar-refractivity contribution < 1.29 is 29.3 Å². The number of hydrogen-bond donors (Lipinski definition) is 2. The predicted octanol–water partition coefficient (Wildman–Crippen LogP) is 3.88. The number of hydrogen-bond acceptors (Lipinski definition) is 6. The van der Waals surface area contributed by atoms with E-state index in [4.69, 9.17) is 4.74 Å². The van der Waals surface area contributed by atoms with E-state index in [0.717, 1.165) is 6.07 Å². The fourth-order valence-corrected chi connectivity index (χ4v) is 2.76. The van der Waals surface area contributed by atoms with E-state index >= 15 is 0 Å². The Labute approximate surface area is 167 Å². The summed E-state index contributed by atoms with van der Waals surface area (Å²) in [4.78, 5) is 37.6. The summed E-state index contributed by atoms with van der Waals surface area (Å²) in [6.45, 7) is 1.53. The quantitative estimate of drug-likeness (QED) is 0.376. The first kappa shape index (κ1) is 19.8. The summed E-state index contributed by atoms with van der Waals surface area (Å²) in [6, 6.07) is 17.4. The van der Waals surface area contributed by atoms with Gasteiger partial charge in [-0.15, -0.1) is 0 Å². The van der Waals surface area contributed by atoms with E-state index < -0.39 is 34.8 Å². The fraction of sp³-hybridized carbons (Fsp3) is 0.0870. The molecule has 2 N–H and O–H groups in total. The van der Waals surface area contributed by atoms with Crippen molar-refractivity contribution in [1.82, 2.24) is 0 Å². The lowest BCUT2D eigenvalue weighted by Crippen LogP contribution is -2.11. The highest BCUT2D eigenvalue weighted by Gasteiger charge is 2.28. The number of carbonyl (C=O) groups excluding carboxylic acids is 3. The average molecular weight is 390 g/mol. The second-order valence-electron chi connectivity index (χ2n) is 6.22. The minimum atomic E-state index is -0.738. The highest BCUT2D eigenvalue weighted by Crippen LogP contribution is 2.43. The van der Waals surface area contributed by atoms with Crippen LogP contribution in [0.1, 0.15) is 45.2 Å². The van der Waals surface area contributed by atoms with Crippen molar-refractivity contribution in [2.45, 2.75) is 13.3 Å². The zero-order valence-corrected chi connectivity index (χ0v) is 15.6. The summed E-state index contributed by atoms with van der Waals surface area (Å²) >= 11 is 0. The van der Waals surface area contributed by atoms with Gasteiger partial charge in [-0.05, 0) is 6.07 Å². The number of phenols is 2. The number of rotatable bonds is 6. The topological polar surface area (TPSA) is 101 Å². The lowest BCUT2D eigenvalue weighted by molar-refractivity contribution is -0.134. The maximum absolute atomic E-state index is 12.9. The van der Waals surface area contributed by atoms with Crippen LogP contribution in [0, 0.1) is 0 Å². The summed E-state index contributed by atoms with van der Waals surface area (Å²) in [5.74, 6) is -3.93. The van der Waals surface area contributed by atoms with Gasteiger partial charge < -0.3 is 14.9 Å². The summed E-state index contributed by atoms with van der Waals surface area (Å²) in [5.41, 5.74) is 0.0121. The van der Waals surface area contributed by atoms with Crippen LogP contribution < -0.4 is 4.74 Å². The molecule has 0 fully saturated rings. The number of aromatic hydroxyl groups is 2. The third-order valence-electron chi connectivity index (χ3n) is 4.29. The molecule has 0 spiro atoms. The standard InChI is InChI=1S/C23H18O6/c1-2-18(24)29-23-21(27)16(19(25)14-9-5-3-6-10-14)13-17(22(23)28)20(26)15-11-7-4-8-12-15/h3-13,27-28H,2H2,1H3. The second-order valence-corrected chi connectivity index (χ2v) is 6.22. The normalized spacial score (nSPS) is 10.4. The SMILES string of the molecule is CCC(=O)Oc1c(O)c(C(=O)c2ccccc2)cc(C(=O)c2ccccc2)c1O. The van der Waals surface area contributed by atoms with E-state index in [1.807, 2.05) is 0 Å². The van der Waals surface area contributed by atoms with Crippen molar-refractivity contribution in [3.05, 3.63) is 89.0 Å². The Morgan fingerprint density at radius 1 is 0.759 bits per heavy atom. The van der Waals surface area contributed by atoms with Gasteiger partial charge in [-0.3, -0.25) is 14.4 Å². The van der Waals surface area contributed by atoms with E-state index in [1.54, 1.807) is 60.7 Å². The number of phenolic OH excluding ortho intramolecular Hbond substituents is 2. The molecule has 0 heterocycles. The molecule has 0 unspecified atom stereocenters. The first-order valence-electron chi connectivity index (χ1n) is 8.93. The van der Waals surface area contributed by atoms with E-state index in [9.17, 15) is 24.6 Å². The molecule has 0 aliphatic rings. The first-order chi connectivity index (χ1) is 13.9. The van der Waals surface area contributed by atoms with Gasteiger partial charge in [0, 0.05) is 17.5 Å². The molecule has 0 atom stereocenters. The third kappa shape index (κ3) is 4.01. The summed E-state index contributed by atoms with van der Waals surface area (Å²) in [7, 11) is 0. The Morgan fingerprint density at radius 2 is 1.17 bits per heavy atom. The zero-order valence-electron chi connectivity index (χ0n) is 15.6. The van der Waals surface area contributed by atoms with Crippen LogP contribution in [-0.4, -0.2) is 27.7 Å². The Balaban J connectivity index is 2.20. The van der Waals surface area contributed by atoms with Crippen LogP contribution in [-0.2, 0) is 4.79 Å². The predicted molar refractivity (Wildman–Crippen MR) is 105 cm³/mol. The maximum atomic E-state index is 12.9. The van der Waals surface area contributed by atoms with Crippen LogP contribution in [0.4, 0.5) is 0 Å². The Bertz CT molecular complexity index is 996. The number of ether oxygens (including phenoxy) is 1. The third-order valence-corrected chi connectivity index (χ3v) is 4.29. The molecule has 0 saturated carbocycles. The minimum Gasteiger partial charge on any atom is -0.504 e. The maximum Gasteiger partial charge on any atom is 0.311 e. The highest BCUT2D eigenvalue weighted by molar-refractivity contribution is 6.16. The molecule has 3 aromatic carbocycles. The summed E-state index contributed by atoms with van der Waals surface area (Å²) < 4.78 is 5.04. The van der Waals surface area contributed by atoms with Crippen molar-refractivity contribution in [2.24, 2.45) is 0 Å². The molecule has 3 aromatic rings. The number of benzene rings is 3. The van der Waals surface area contributed by atoms with Crippen LogP contribution in [0.3, 0.4) is 0 Å². The van der Waals surface area contributed by atoms with Crippen LogP contribution >= 0.6 is 0 Å². The zero-order chi connectivity index (χ0) is 21.0. The van der Waals surface area contributed by atoms with Crippen molar-refractivity contribution >= 4 is 17.5 Å². The molecule has 0 radical (unpaired) electrons. The fourth-order valence-electron chi connectivity index (χ4n) is 2.76. The summed E-state index contributed by atoms with van der Waals surface area (Å²) in [6.07, 6.45) is -0.0301. The van der Waals surface area contributed by atoms with Crippen LogP contribution in [0.5, 0.6) is 17.2 Å². The number of ketones is 2. The number of esters is 1. The molecule has 3 rings (SSSR count). The highest BCUT2D eigenvalue weighted by atomic mass is 16.5. The van der Waals surface area contributed by atoms with Crippen molar-refractivity contribution in [3.8, 4) is 17.2 Å².